The Hall–Kier alpha value is -2.66. The van der Waals surface area contributed by atoms with Gasteiger partial charge in [0.15, 0.2) is 0 Å². The molecule has 1 amide bonds. The van der Waals surface area contributed by atoms with Crippen molar-refractivity contribution in [3.8, 4) is 0 Å². The lowest BCUT2D eigenvalue weighted by molar-refractivity contribution is 0.102. The summed E-state index contributed by atoms with van der Waals surface area (Å²) in [4.78, 5) is 30.8. The van der Waals surface area contributed by atoms with Crippen molar-refractivity contribution in [3.63, 3.8) is 0 Å². The van der Waals surface area contributed by atoms with Crippen LogP contribution in [0.1, 0.15) is 10.4 Å². The van der Waals surface area contributed by atoms with E-state index >= 15 is 0 Å². The predicted octanol–water partition coefficient (Wildman–Crippen LogP) is 2.83. The fourth-order valence-electron chi connectivity index (χ4n) is 1.96. The summed E-state index contributed by atoms with van der Waals surface area (Å²) >= 11 is 5.98. The highest BCUT2D eigenvalue weighted by molar-refractivity contribution is 6.33. The van der Waals surface area contributed by atoms with Gasteiger partial charge in [0.2, 0.25) is 0 Å². The lowest BCUT2D eigenvalue weighted by Gasteiger charge is -2.07. The molecule has 0 saturated carbocycles. The first-order valence-corrected chi connectivity index (χ1v) is 6.57. The summed E-state index contributed by atoms with van der Waals surface area (Å²) in [5.74, 6) is -0.518. The van der Waals surface area contributed by atoms with E-state index in [0.717, 1.165) is 0 Å². The fraction of sp³-hybridized carbons (Fsp3) is 0. The molecule has 5 nitrogen and oxygen atoms in total. The lowest BCUT2D eigenvalue weighted by Crippen LogP contribution is -2.23. The largest absolute Gasteiger partial charge is 0.320 e. The van der Waals surface area contributed by atoms with Crippen molar-refractivity contribution >= 4 is 34.2 Å². The number of carbonyl (C=O) groups is 1. The van der Waals surface area contributed by atoms with Gasteiger partial charge in [0, 0.05) is 11.6 Å². The minimum atomic E-state index is -0.518. The molecule has 0 bridgehead atoms. The molecule has 0 fully saturated rings. The molecule has 6 heteroatoms. The van der Waals surface area contributed by atoms with Crippen LogP contribution in [0.15, 0.2) is 53.5 Å². The van der Waals surface area contributed by atoms with Crippen molar-refractivity contribution in [1.82, 2.24) is 9.97 Å². The summed E-state index contributed by atoms with van der Waals surface area (Å²) in [5.41, 5.74) is 0.410. The normalized spacial score (nSPS) is 10.5. The van der Waals surface area contributed by atoms with Crippen LogP contribution < -0.4 is 10.9 Å². The minimum Gasteiger partial charge on any atom is -0.320 e. The molecule has 21 heavy (non-hydrogen) atoms. The van der Waals surface area contributed by atoms with Crippen molar-refractivity contribution in [2.24, 2.45) is 0 Å². The minimum absolute atomic E-state index is 0.00965. The smallest absolute Gasteiger partial charge is 0.262 e. The second kappa shape index (κ2) is 5.38. The van der Waals surface area contributed by atoms with Gasteiger partial charge in [0.25, 0.3) is 11.5 Å². The third-order valence-electron chi connectivity index (χ3n) is 2.98. The Labute approximate surface area is 124 Å². The number of rotatable bonds is 2. The predicted molar refractivity (Wildman–Crippen MR) is 81.8 cm³/mol. The molecule has 2 heterocycles. The van der Waals surface area contributed by atoms with Crippen molar-refractivity contribution in [2.75, 3.05) is 5.32 Å². The molecule has 0 aliphatic rings. The fourth-order valence-corrected chi connectivity index (χ4v) is 2.14. The van der Waals surface area contributed by atoms with Crippen LogP contribution in [0, 0.1) is 0 Å². The summed E-state index contributed by atoms with van der Waals surface area (Å²) in [6.45, 7) is 0. The maximum atomic E-state index is 12.2. The number of aromatic amines is 1. The van der Waals surface area contributed by atoms with E-state index in [2.05, 4.69) is 15.3 Å². The number of fused-ring (bicyclic) bond motifs is 1. The number of amides is 1. The highest BCUT2D eigenvalue weighted by Crippen LogP contribution is 2.21. The quantitative estimate of drug-likeness (QED) is 0.764. The van der Waals surface area contributed by atoms with Crippen LogP contribution in [0.25, 0.3) is 11.0 Å². The number of halogens is 1. The highest BCUT2D eigenvalue weighted by Gasteiger charge is 2.13. The van der Waals surface area contributed by atoms with Crippen LogP contribution in [0.3, 0.4) is 0 Å². The molecule has 0 saturated heterocycles. The van der Waals surface area contributed by atoms with Gasteiger partial charge in [-0.15, -0.1) is 0 Å². The van der Waals surface area contributed by atoms with Gasteiger partial charge in [-0.2, -0.15) is 0 Å². The van der Waals surface area contributed by atoms with Gasteiger partial charge in [-0.3, -0.25) is 9.59 Å². The highest BCUT2D eigenvalue weighted by atomic mass is 35.5. The van der Waals surface area contributed by atoms with Crippen molar-refractivity contribution in [2.45, 2.75) is 0 Å². The van der Waals surface area contributed by atoms with Gasteiger partial charge < -0.3 is 10.3 Å². The van der Waals surface area contributed by atoms with Gasteiger partial charge in [0.1, 0.15) is 11.2 Å². The van der Waals surface area contributed by atoms with Gasteiger partial charge >= 0.3 is 0 Å². The standard InChI is InChI=1S/C15H10ClN3O2/c16-11-5-1-2-6-12(11)18-14(20)10-8-9-4-3-7-17-13(9)19-15(10)21/h1-8H,(H,18,20)(H,17,19,21). The van der Waals surface area contributed by atoms with Crippen LogP contribution in [-0.4, -0.2) is 15.9 Å². The molecule has 0 radical (unpaired) electrons. The SMILES string of the molecule is O=C(Nc1ccccc1Cl)c1cc2cccnc2[nH]c1=O. The Morgan fingerprint density at radius 1 is 1.19 bits per heavy atom. The van der Waals surface area contributed by atoms with E-state index < -0.39 is 11.5 Å². The van der Waals surface area contributed by atoms with Gasteiger partial charge in [-0.1, -0.05) is 23.7 Å². The molecule has 0 aliphatic heterocycles. The number of carbonyl (C=O) groups excluding carboxylic acids is 1. The van der Waals surface area contributed by atoms with E-state index in [0.29, 0.717) is 21.7 Å². The second-order valence-corrected chi connectivity index (χ2v) is 4.79. The Morgan fingerprint density at radius 2 is 2.00 bits per heavy atom. The van der Waals surface area contributed by atoms with Crippen LogP contribution in [0.5, 0.6) is 0 Å². The van der Waals surface area contributed by atoms with E-state index in [9.17, 15) is 9.59 Å². The average molecular weight is 300 g/mol. The lowest BCUT2D eigenvalue weighted by atomic mass is 10.2. The molecule has 0 spiro atoms. The molecular formula is C15H10ClN3O2. The zero-order chi connectivity index (χ0) is 14.8. The number of nitrogens with zero attached hydrogens (tertiary/aromatic N) is 1. The van der Waals surface area contributed by atoms with E-state index in [1.807, 2.05) is 0 Å². The maximum absolute atomic E-state index is 12.2. The first kappa shape index (κ1) is 13.3. The number of benzene rings is 1. The Bertz CT molecular complexity index is 889. The van der Waals surface area contributed by atoms with Crippen LogP contribution in [0.4, 0.5) is 5.69 Å². The molecule has 0 aliphatic carbocycles. The number of hydrogen-bond donors (Lipinski definition) is 2. The van der Waals surface area contributed by atoms with Gasteiger partial charge in [-0.05, 0) is 30.3 Å². The number of pyridine rings is 2. The molecular weight excluding hydrogens is 290 g/mol. The zero-order valence-electron chi connectivity index (χ0n) is 10.8. The number of hydrogen-bond acceptors (Lipinski definition) is 3. The van der Waals surface area contributed by atoms with Gasteiger partial charge in [0.05, 0.1) is 10.7 Å². The molecule has 1 aromatic carbocycles. The number of para-hydroxylation sites is 1. The van der Waals surface area contributed by atoms with Crippen molar-refractivity contribution < 1.29 is 4.79 Å². The maximum Gasteiger partial charge on any atom is 0.262 e. The average Bonchev–Trinajstić information content (AvgIpc) is 2.49. The van der Waals surface area contributed by atoms with Crippen LogP contribution in [0.2, 0.25) is 5.02 Å². The summed E-state index contributed by atoms with van der Waals surface area (Å²) in [5, 5.41) is 3.71. The summed E-state index contributed by atoms with van der Waals surface area (Å²) < 4.78 is 0. The first-order chi connectivity index (χ1) is 10.1. The van der Waals surface area contributed by atoms with E-state index in [-0.39, 0.29) is 5.56 Å². The molecule has 3 rings (SSSR count). The Kier molecular flexibility index (Phi) is 3.41. The van der Waals surface area contributed by atoms with Crippen molar-refractivity contribution in [3.05, 3.63) is 69.6 Å². The number of aromatic nitrogens is 2. The molecule has 2 N–H and O–H groups in total. The number of H-pyrrole nitrogens is 1. The van der Waals surface area contributed by atoms with Crippen LogP contribution >= 0.6 is 11.6 Å². The van der Waals surface area contributed by atoms with E-state index in [4.69, 9.17) is 11.6 Å². The number of anilines is 1. The van der Waals surface area contributed by atoms with E-state index in [1.165, 1.54) is 6.07 Å². The third-order valence-corrected chi connectivity index (χ3v) is 3.31. The van der Waals surface area contributed by atoms with Gasteiger partial charge in [-0.25, -0.2) is 4.98 Å². The Balaban J connectivity index is 2.00. The monoisotopic (exact) mass is 299 g/mol. The molecule has 104 valence electrons. The first-order valence-electron chi connectivity index (χ1n) is 6.19. The van der Waals surface area contributed by atoms with Crippen LogP contribution in [-0.2, 0) is 0 Å². The third kappa shape index (κ3) is 2.64. The Morgan fingerprint density at radius 3 is 2.81 bits per heavy atom. The molecule has 3 aromatic rings. The number of nitrogens with one attached hydrogen (secondary N) is 2. The second-order valence-electron chi connectivity index (χ2n) is 4.39. The summed E-state index contributed by atoms with van der Waals surface area (Å²) in [7, 11) is 0. The molecule has 0 atom stereocenters. The van der Waals surface area contributed by atoms with E-state index in [1.54, 1.807) is 42.6 Å². The topological polar surface area (TPSA) is 74.8 Å². The van der Waals surface area contributed by atoms with Crippen molar-refractivity contribution in [1.29, 1.82) is 0 Å². The zero-order valence-corrected chi connectivity index (χ0v) is 11.5. The summed E-state index contributed by atoms with van der Waals surface area (Å²) in [6.07, 6.45) is 1.57. The molecule has 2 aromatic heterocycles. The molecule has 0 unspecified atom stereocenters. The summed E-state index contributed by atoms with van der Waals surface area (Å²) in [6, 6.07) is 11.8.